The predicted molar refractivity (Wildman–Crippen MR) is 79.6 cm³/mol. The minimum absolute atomic E-state index is 0.0243. The molecule has 1 amide bonds. The zero-order valence-corrected chi connectivity index (χ0v) is 12.0. The highest BCUT2D eigenvalue weighted by Crippen LogP contribution is 2.22. The Morgan fingerprint density at radius 3 is 2.79 bits per heavy atom. The summed E-state index contributed by atoms with van der Waals surface area (Å²) in [5.74, 6) is 0.0243. The van der Waals surface area contributed by atoms with E-state index in [0.29, 0.717) is 0 Å². The van der Waals surface area contributed by atoms with Crippen LogP contribution in [0.5, 0.6) is 0 Å². The molecule has 3 heteroatoms. The third-order valence-corrected chi connectivity index (χ3v) is 3.64. The molecule has 0 radical (unpaired) electrons. The van der Waals surface area contributed by atoms with Crippen LogP contribution in [-0.4, -0.2) is 17.4 Å². The highest BCUT2D eigenvalue weighted by molar-refractivity contribution is 5.99. The van der Waals surface area contributed by atoms with Gasteiger partial charge in [-0.05, 0) is 44.0 Å². The lowest BCUT2D eigenvalue weighted by Gasteiger charge is -2.05. The number of benzene rings is 1. The van der Waals surface area contributed by atoms with Crippen molar-refractivity contribution in [3.05, 3.63) is 35.0 Å². The first-order valence-corrected chi connectivity index (χ1v) is 7.00. The van der Waals surface area contributed by atoms with Crippen LogP contribution in [0.25, 0.3) is 10.9 Å². The summed E-state index contributed by atoms with van der Waals surface area (Å²) in [5.41, 5.74) is 4.22. The zero-order valence-electron chi connectivity index (χ0n) is 12.0. The number of aromatic amines is 1. The highest BCUT2D eigenvalue weighted by Gasteiger charge is 2.09. The van der Waals surface area contributed by atoms with E-state index in [1.165, 1.54) is 12.0 Å². The van der Waals surface area contributed by atoms with E-state index in [-0.39, 0.29) is 5.91 Å². The maximum Gasteiger partial charge on any atom is 0.251 e. The largest absolute Gasteiger partial charge is 0.358 e. The van der Waals surface area contributed by atoms with Crippen LogP contribution in [-0.2, 0) is 0 Å². The van der Waals surface area contributed by atoms with Crippen LogP contribution in [0.2, 0.25) is 0 Å². The monoisotopic (exact) mass is 258 g/mol. The van der Waals surface area contributed by atoms with E-state index in [2.05, 4.69) is 31.1 Å². The van der Waals surface area contributed by atoms with Crippen molar-refractivity contribution < 1.29 is 4.79 Å². The lowest BCUT2D eigenvalue weighted by Crippen LogP contribution is -2.24. The molecule has 0 atom stereocenters. The Morgan fingerprint density at radius 2 is 2.05 bits per heavy atom. The number of aryl methyl sites for hydroxylation is 2. The molecular formula is C16H22N2O. The second-order valence-corrected chi connectivity index (χ2v) is 5.10. The number of nitrogens with one attached hydrogen (secondary N) is 2. The summed E-state index contributed by atoms with van der Waals surface area (Å²) < 4.78 is 0. The van der Waals surface area contributed by atoms with Gasteiger partial charge in [0.2, 0.25) is 0 Å². The van der Waals surface area contributed by atoms with Crippen molar-refractivity contribution in [3.63, 3.8) is 0 Å². The van der Waals surface area contributed by atoms with E-state index in [4.69, 9.17) is 0 Å². The summed E-state index contributed by atoms with van der Waals surface area (Å²) in [4.78, 5) is 15.4. The molecule has 1 aromatic carbocycles. The maximum atomic E-state index is 12.0. The van der Waals surface area contributed by atoms with Crippen molar-refractivity contribution in [2.24, 2.45) is 0 Å². The molecule has 0 spiro atoms. The number of aromatic nitrogens is 1. The first-order valence-electron chi connectivity index (χ1n) is 7.00. The van der Waals surface area contributed by atoms with Gasteiger partial charge in [-0.1, -0.05) is 19.8 Å². The lowest BCUT2D eigenvalue weighted by molar-refractivity contribution is 0.0953. The van der Waals surface area contributed by atoms with Crippen LogP contribution in [0.4, 0.5) is 0 Å². The van der Waals surface area contributed by atoms with E-state index in [9.17, 15) is 4.79 Å². The Hall–Kier alpha value is -1.77. The average Bonchev–Trinajstić information content (AvgIpc) is 2.70. The van der Waals surface area contributed by atoms with E-state index in [0.717, 1.165) is 41.5 Å². The lowest BCUT2D eigenvalue weighted by atomic mass is 10.1. The van der Waals surface area contributed by atoms with Gasteiger partial charge < -0.3 is 10.3 Å². The molecule has 1 aromatic heterocycles. The molecule has 19 heavy (non-hydrogen) atoms. The first kappa shape index (κ1) is 13.7. The minimum atomic E-state index is 0.0243. The average molecular weight is 258 g/mol. The normalized spacial score (nSPS) is 10.9. The van der Waals surface area contributed by atoms with Crippen molar-refractivity contribution in [2.45, 2.75) is 40.0 Å². The van der Waals surface area contributed by atoms with Gasteiger partial charge in [0.15, 0.2) is 0 Å². The fourth-order valence-corrected chi connectivity index (χ4v) is 2.28. The third kappa shape index (κ3) is 2.98. The summed E-state index contributed by atoms with van der Waals surface area (Å²) in [6, 6.07) is 5.84. The van der Waals surface area contributed by atoms with Gasteiger partial charge in [-0.3, -0.25) is 4.79 Å². The van der Waals surface area contributed by atoms with Gasteiger partial charge in [0, 0.05) is 28.7 Å². The number of rotatable bonds is 5. The van der Waals surface area contributed by atoms with Crippen LogP contribution in [0.15, 0.2) is 18.2 Å². The van der Waals surface area contributed by atoms with Crippen molar-refractivity contribution in [2.75, 3.05) is 6.54 Å². The van der Waals surface area contributed by atoms with Gasteiger partial charge in [-0.15, -0.1) is 0 Å². The Kier molecular flexibility index (Phi) is 4.25. The second kappa shape index (κ2) is 5.91. The second-order valence-electron chi connectivity index (χ2n) is 5.10. The Balaban J connectivity index is 2.12. The molecule has 0 bridgehead atoms. The summed E-state index contributed by atoms with van der Waals surface area (Å²) in [7, 11) is 0. The van der Waals surface area contributed by atoms with Crippen LogP contribution >= 0.6 is 0 Å². The van der Waals surface area contributed by atoms with Gasteiger partial charge in [0.25, 0.3) is 5.91 Å². The van der Waals surface area contributed by atoms with E-state index >= 15 is 0 Å². The van der Waals surface area contributed by atoms with Crippen LogP contribution in [0.3, 0.4) is 0 Å². The summed E-state index contributed by atoms with van der Waals surface area (Å²) >= 11 is 0. The fourth-order valence-electron chi connectivity index (χ4n) is 2.28. The minimum Gasteiger partial charge on any atom is -0.358 e. The highest BCUT2D eigenvalue weighted by atomic mass is 16.1. The Labute approximate surface area is 114 Å². The van der Waals surface area contributed by atoms with Gasteiger partial charge in [0.1, 0.15) is 0 Å². The van der Waals surface area contributed by atoms with Crippen molar-refractivity contribution in [3.8, 4) is 0 Å². The molecule has 2 rings (SSSR count). The molecule has 0 aliphatic heterocycles. The van der Waals surface area contributed by atoms with Crippen LogP contribution < -0.4 is 5.32 Å². The quantitative estimate of drug-likeness (QED) is 0.789. The summed E-state index contributed by atoms with van der Waals surface area (Å²) in [6.45, 7) is 7.06. The van der Waals surface area contributed by atoms with Crippen molar-refractivity contribution in [1.82, 2.24) is 10.3 Å². The molecule has 0 fully saturated rings. The van der Waals surface area contributed by atoms with Crippen molar-refractivity contribution in [1.29, 1.82) is 0 Å². The number of fused-ring (bicyclic) bond motifs is 1. The van der Waals surface area contributed by atoms with Crippen LogP contribution in [0.1, 0.15) is 47.8 Å². The SMILES string of the molecule is CCCCCNC(=O)c1ccc2[nH]c(C)c(C)c2c1. The van der Waals surface area contributed by atoms with E-state index in [1.54, 1.807) is 0 Å². The molecule has 2 aromatic rings. The topological polar surface area (TPSA) is 44.9 Å². The molecule has 1 heterocycles. The molecule has 0 aliphatic carbocycles. The smallest absolute Gasteiger partial charge is 0.251 e. The molecule has 0 aliphatic rings. The first-order chi connectivity index (χ1) is 9.13. The number of carbonyl (C=O) groups excluding carboxylic acids is 1. The van der Waals surface area contributed by atoms with Gasteiger partial charge in [-0.25, -0.2) is 0 Å². The van der Waals surface area contributed by atoms with Gasteiger partial charge in [-0.2, -0.15) is 0 Å². The number of H-pyrrole nitrogens is 1. The van der Waals surface area contributed by atoms with Gasteiger partial charge >= 0.3 is 0 Å². The molecule has 2 N–H and O–H groups in total. The Bertz CT molecular complexity index is 584. The van der Waals surface area contributed by atoms with E-state index in [1.807, 2.05) is 18.2 Å². The summed E-state index contributed by atoms with van der Waals surface area (Å²) in [5, 5.41) is 4.11. The number of hydrogen-bond acceptors (Lipinski definition) is 1. The van der Waals surface area contributed by atoms with Crippen molar-refractivity contribution >= 4 is 16.8 Å². The fraction of sp³-hybridized carbons (Fsp3) is 0.438. The standard InChI is InChI=1S/C16H22N2O/c1-4-5-6-9-17-16(19)13-7-8-15-14(10-13)11(2)12(3)18-15/h7-8,10,18H,4-6,9H2,1-3H3,(H,17,19). The molecule has 0 saturated carbocycles. The number of unbranched alkanes of at least 4 members (excludes halogenated alkanes) is 2. The molecule has 3 nitrogen and oxygen atoms in total. The maximum absolute atomic E-state index is 12.0. The number of hydrogen-bond donors (Lipinski definition) is 2. The Morgan fingerprint density at radius 1 is 1.26 bits per heavy atom. The number of carbonyl (C=O) groups is 1. The predicted octanol–water partition coefficient (Wildman–Crippen LogP) is 3.70. The van der Waals surface area contributed by atoms with E-state index < -0.39 is 0 Å². The van der Waals surface area contributed by atoms with Gasteiger partial charge in [0.05, 0.1) is 0 Å². The van der Waals surface area contributed by atoms with Crippen LogP contribution in [0, 0.1) is 13.8 Å². The zero-order chi connectivity index (χ0) is 13.8. The molecule has 0 saturated heterocycles. The molecule has 102 valence electrons. The molecular weight excluding hydrogens is 236 g/mol. The molecule has 0 unspecified atom stereocenters. The third-order valence-electron chi connectivity index (χ3n) is 3.64. The summed E-state index contributed by atoms with van der Waals surface area (Å²) in [6.07, 6.45) is 3.38. The number of amides is 1.